The van der Waals surface area contributed by atoms with Crippen LogP contribution in [0.25, 0.3) is 0 Å². The Morgan fingerprint density at radius 1 is 1.73 bits per heavy atom. The fourth-order valence-corrected chi connectivity index (χ4v) is 0.904. The van der Waals surface area contributed by atoms with Gasteiger partial charge in [0.25, 0.3) is 0 Å². The first kappa shape index (κ1) is 8.00. The van der Waals surface area contributed by atoms with Gasteiger partial charge in [-0.2, -0.15) is 0 Å². The fraction of sp³-hybridized carbons (Fsp3) is 0.667. The number of carbonyl (C=O) groups is 1. The summed E-state index contributed by atoms with van der Waals surface area (Å²) in [5.74, 6) is -0.537. The zero-order chi connectivity index (χ0) is 8.27. The number of amides is 2. The van der Waals surface area contributed by atoms with Gasteiger partial charge in [-0.3, -0.25) is 9.59 Å². The number of morpholine rings is 1. The molecular weight excluding hydrogens is 148 g/mol. The normalized spacial score (nSPS) is 24.7. The number of primary amides is 1. The highest BCUT2D eigenvalue weighted by molar-refractivity contribution is 5.79. The van der Waals surface area contributed by atoms with E-state index in [0.29, 0.717) is 13.2 Å². The lowest BCUT2D eigenvalue weighted by Gasteiger charge is -2.27. The molecule has 0 aromatic carbocycles. The molecule has 1 fully saturated rings. The molecule has 0 saturated carbocycles. The van der Waals surface area contributed by atoms with Gasteiger partial charge < -0.3 is 15.4 Å². The lowest BCUT2D eigenvalue weighted by molar-refractivity contribution is -0.133. The molecule has 1 radical (unpaired) electrons. The second-order valence-corrected chi connectivity index (χ2v) is 2.30. The van der Waals surface area contributed by atoms with E-state index in [1.54, 1.807) is 6.41 Å². The number of hydrogen-bond donors (Lipinski definition) is 1. The van der Waals surface area contributed by atoms with E-state index < -0.39 is 12.0 Å². The molecular formula is C6H9N2O3. The van der Waals surface area contributed by atoms with Gasteiger partial charge in [-0.15, -0.1) is 0 Å². The molecule has 5 nitrogen and oxygen atoms in total. The number of hydrogen-bond acceptors (Lipinski definition) is 3. The lowest BCUT2D eigenvalue weighted by Crippen LogP contribution is -2.47. The first-order chi connectivity index (χ1) is 5.24. The maximum Gasteiger partial charge on any atom is 0.312 e. The predicted molar refractivity (Wildman–Crippen MR) is 36.2 cm³/mol. The summed E-state index contributed by atoms with van der Waals surface area (Å²) in [6.45, 7) is 1.05. The van der Waals surface area contributed by atoms with Crippen molar-refractivity contribution >= 4 is 12.3 Å². The van der Waals surface area contributed by atoms with Crippen LogP contribution in [0.1, 0.15) is 0 Å². The fourth-order valence-electron chi connectivity index (χ4n) is 0.904. The van der Waals surface area contributed by atoms with Crippen molar-refractivity contribution in [3.63, 3.8) is 0 Å². The van der Waals surface area contributed by atoms with Crippen LogP contribution in [0.3, 0.4) is 0 Å². The largest absolute Gasteiger partial charge is 0.367 e. The number of ether oxygens (including phenoxy) is 1. The quantitative estimate of drug-likeness (QED) is 0.516. The molecule has 1 aliphatic rings. The first-order valence-electron chi connectivity index (χ1n) is 3.27. The van der Waals surface area contributed by atoms with E-state index in [1.807, 2.05) is 0 Å². The first-order valence-corrected chi connectivity index (χ1v) is 3.27. The SMILES string of the molecule is NC(=O)C1CN([C]=O)CCO1. The van der Waals surface area contributed by atoms with Gasteiger partial charge in [-0.1, -0.05) is 0 Å². The number of nitrogens with two attached hydrogens (primary N) is 1. The molecule has 61 valence electrons. The summed E-state index contributed by atoms with van der Waals surface area (Å²) in [4.78, 5) is 22.0. The number of rotatable bonds is 2. The molecule has 0 aromatic rings. The van der Waals surface area contributed by atoms with Crippen LogP contribution in [0.15, 0.2) is 0 Å². The molecule has 0 aromatic heterocycles. The molecule has 2 amide bonds. The van der Waals surface area contributed by atoms with Crippen molar-refractivity contribution in [2.45, 2.75) is 6.10 Å². The maximum atomic E-state index is 10.6. The molecule has 0 aliphatic carbocycles. The Labute approximate surface area is 64.1 Å². The standard InChI is InChI=1S/C6H9N2O3/c7-6(10)5-3-8(4-9)1-2-11-5/h5H,1-3H2,(H2,7,10). The topological polar surface area (TPSA) is 72.6 Å². The molecule has 2 N–H and O–H groups in total. The van der Waals surface area contributed by atoms with Crippen molar-refractivity contribution in [3.8, 4) is 0 Å². The summed E-state index contributed by atoms with van der Waals surface area (Å²) in [6.07, 6.45) is 1.02. The molecule has 1 rings (SSSR count). The minimum Gasteiger partial charge on any atom is -0.367 e. The Balaban J connectivity index is 2.45. The predicted octanol–water partition coefficient (Wildman–Crippen LogP) is -1.76. The Hall–Kier alpha value is -1.10. The van der Waals surface area contributed by atoms with Gasteiger partial charge in [0.05, 0.1) is 13.2 Å². The van der Waals surface area contributed by atoms with Crippen LogP contribution in [-0.4, -0.2) is 43.0 Å². The van der Waals surface area contributed by atoms with E-state index in [-0.39, 0.29) is 6.54 Å². The molecule has 11 heavy (non-hydrogen) atoms. The number of carbonyl (C=O) groups excluding carboxylic acids is 2. The number of nitrogens with zero attached hydrogens (tertiary/aromatic N) is 1. The monoisotopic (exact) mass is 157 g/mol. The van der Waals surface area contributed by atoms with Gasteiger partial charge in [-0.25, -0.2) is 0 Å². The zero-order valence-electron chi connectivity index (χ0n) is 5.95. The third-order valence-corrected chi connectivity index (χ3v) is 1.51. The van der Waals surface area contributed by atoms with Gasteiger partial charge in [0, 0.05) is 6.54 Å². The van der Waals surface area contributed by atoms with E-state index in [0.717, 1.165) is 0 Å². The van der Waals surface area contributed by atoms with E-state index in [2.05, 4.69) is 0 Å². The summed E-state index contributed by atoms with van der Waals surface area (Å²) in [6, 6.07) is 0. The van der Waals surface area contributed by atoms with Crippen LogP contribution in [0.2, 0.25) is 0 Å². The summed E-state index contributed by atoms with van der Waals surface area (Å²) < 4.78 is 4.98. The Morgan fingerprint density at radius 2 is 2.45 bits per heavy atom. The Kier molecular flexibility index (Phi) is 2.43. The van der Waals surface area contributed by atoms with Crippen LogP contribution < -0.4 is 5.73 Å². The maximum absolute atomic E-state index is 10.6. The van der Waals surface area contributed by atoms with E-state index in [1.165, 1.54) is 4.90 Å². The second kappa shape index (κ2) is 3.34. The Bertz CT molecular complexity index is 171. The van der Waals surface area contributed by atoms with E-state index >= 15 is 0 Å². The minimum atomic E-state index is -0.662. The van der Waals surface area contributed by atoms with Crippen LogP contribution in [-0.2, 0) is 14.3 Å². The van der Waals surface area contributed by atoms with Gasteiger partial charge in [-0.05, 0) is 0 Å². The van der Waals surface area contributed by atoms with Crippen LogP contribution in [0.4, 0.5) is 0 Å². The Morgan fingerprint density at radius 3 is 3.00 bits per heavy atom. The van der Waals surface area contributed by atoms with Crippen molar-refractivity contribution in [2.24, 2.45) is 5.73 Å². The van der Waals surface area contributed by atoms with Crippen LogP contribution >= 0.6 is 0 Å². The van der Waals surface area contributed by atoms with Gasteiger partial charge in [0.1, 0.15) is 0 Å². The average molecular weight is 157 g/mol. The van der Waals surface area contributed by atoms with E-state index in [9.17, 15) is 9.59 Å². The summed E-state index contributed by atoms with van der Waals surface area (Å²) in [5.41, 5.74) is 4.96. The molecule has 5 heteroatoms. The van der Waals surface area contributed by atoms with Crippen molar-refractivity contribution < 1.29 is 14.3 Å². The van der Waals surface area contributed by atoms with Crippen molar-refractivity contribution in [1.82, 2.24) is 4.90 Å². The summed E-state index contributed by atoms with van der Waals surface area (Å²) in [5, 5.41) is 0. The van der Waals surface area contributed by atoms with Crippen LogP contribution in [0.5, 0.6) is 0 Å². The second-order valence-electron chi connectivity index (χ2n) is 2.30. The average Bonchev–Trinajstić information content (AvgIpc) is 2.05. The lowest BCUT2D eigenvalue weighted by atomic mass is 10.3. The summed E-state index contributed by atoms with van der Waals surface area (Å²) in [7, 11) is 0. The van der Waals surface area contributed by atoms with E-state index in [4.69, 9.17) is 10.5 Å². The highest BCUT2D eigenvalue weighted by Crippen LogP contribution is 2.01. The van der Waals surface area contributed by atoms with Gasteiger partial charge in [0.2, 0.25) is 5.91 Å². The minimum absolute atomic E-state index is 0.221. The molecule has 0 spiro atoms. The smallest absolute Gasteiger partial charge is 0.312 e. The van der Waals surface area contributed by atoms with Crippen molar-refractivity contribution in [1.29, 1.82) is 0 Å². The molecule has 1 heterocycles. The molecule has 1 aliphatic heterocycles. The van der Waals surface area contributed by atoms with Gasteiger partial charge >= 0.3 is 6.41 Å². The zero-order valence-corrected chi connectivity index (χ0v) is 5.95. The van der Waals surface area contributed by atoms with Gasteiger partial charge in [0.15, 0.2) is 6.10 Å². The van der Waals surface area contributed by atoms with Crippen molar-refractivity contribution in [3.05, 3.63) is 0 Å². The third-order valence-electron chi connectivity index (χ3n) is 1.51. The molecule has 1 atom stereocenters. The molecule has 0 bridgehead atoms. The van der Waals surface area contributed by atoms with Crippen LogP contribution in [0, 0.1) is 0 Å². The highest BCUT2D eigenvalue weighted by Gasteiger charge is 2.23. The molecule has 1 unspecified atom stereocenters. The summed E-state index contributed by atoms with van der Waals surface area (Å²) >= 11 is 0. The molecule has 1 saturated heterocycles. The third kappa shape index (κ3) is 1.91. The highest BCUT2D eigenvalue weighted by atomic mass is 16.5. The van der Waals surface area contributed by atoms with Crippen molar-refractivity contribution in [2.75, 3.05) is 19.7 Å².